The minimum atomic E-state index is -0.330. The molecule has 2 heterocycles. The van der Waals surface area contributed by atoms with E-state index in [9.17, 15) is 4.79 Å². The summed E-state index contributed by atoms with van der Waals surface area (Å²) in [6, 6.07) is 0. The van der Waals surface area contributed by atoms with Crippen LogP contribution in [0.2, 0.25) is 0 Å². The summed E-state index contributed by atoms with van der Waals surface area (Å²) >= 11 is 0. The second kappa shape index (κ2) is 6.37. The van der Waals surface area contributed by atoms with Crippen LogP contribution in [-0.4, -0.2) is 35.8 Å². The van der Waals surface area contributed by atoms with Gasteiger partial charge in [0.2, 0.25) is 5.89 Å². The van der Waals surface area contributed by atoms with Crippen LogP contribution in [0.4, 0.5) is 5.95 Å². The number of hydrogen-bond acceptors (Lipinski definition) is 6. The van der Waals surface area contributed by atoms with Gasteiger partial charge in [0.25, 0.3) is 5.95 Å². The molecule has 6 heteroatoms. The van der Waals surface area contributed by atoms with Gasteiger partial charge in [-0.25, -0.2) is 0 Å². The maximum atomic E-state index is 11.3. The Morgan fingerprint density at radius 3 is 2.72 bits per heavy atom. The predicted molar refractivity (Wildman–Crippen MR) is 65.3 cm³/mol. The minimum Gasteiger partial charge on any atom is -0.466 e. The summed E-state index contributed by atoms with van der Waals surface area (Å²) in [6.07, 6.45) is 4.87. The molecule has 1 aromatic heterocycles. The average molecular weight is 253 g/mol. The third kappa shape index (κ3) is 3.45. The van der Waals surface area contributed by atoms with E-state index in [1.54, 1.807) is 6.92 Å². The highest BCUT2D eigenvalue weighted by Crippen LogP contribution is 2.16. The second-order valence-electron chi connectivity index (χ2n) is 4.37. The van der Waals surface area contributed by atoms with Crippen molar-refractivity contribution in [1.82, 2.24) is 10.1 Å². The van der Waals surface area contributed by atoms with Gasteiger partial charge in [-0.3, -0.25) is 4.79 Å². The maximum absolute atomic E-state index is 11.3. The van der Waals surface area contributed by atoms with Gasteiger partial charge >= 0.3 is 5.97 Å². The number of carbonyl (C=O) groups is 1. The largest absolute Gasteiger partial charge is 0.466 e. The Hall–Kier alpha value is -1.59. The van der Waals surface area contributed by atoms with E-state index in [1.807, 2.05) is 0 Å². The number of esters is 1. The van der Waals surface area contributed by atoms with Crippen LogP contribution in [0.1, 0.15) is 38.5 Å². The standard InChI is InChI=1S/C12H19N3O3/c1-2-17-11(16)9-10-13-12(14-18-10)15-7-5-3-4-6-8-15/h2-9H2,1H3. The topological polar surface area (TPSA) is 68.5 Å². The summed E-state index contributed by atoms with van der Waals surface area (Å²) in [7, 11) is 0. The lowest BCUT2D eigenvalue weighted by atomic mass is 10.2. The number of ether oxygens (including phenoxy) is 1. The molecule has 0 N–H and O–H groups in total. The molecule has 0 aromatic carbocycles. The molecule has 0 atom stereocenters. The van der Waals surface area contributed by atoms with E-state index in [2.05, 4.69) is 15.0 Å². The number of rotatable bonds is 4. The van der Waals surface area contributed by atoms with E-state index >= 15 is 0 Å². The molecule has 0 aliphatic carbocycles. The first-order valence-corrected chi connectivity index (χ1v) is 6.52. The molecular weight excluding hydrogens is 234 g/mol. The molecule has 0 amide bonds. The predicted octanol–water partition coefficient (Wildman–Crippen LogP) is 1.56. The van der Waals surface area contributed by atoms with E-state index in [0.717, 1.165) is 25.9 Å². The van der Waals surface area contributed by atoms with E-state index < -0.39 is 0 Å². The van der Waals surface area contributed by atoms with Crippen molar-refractivity contribution in [3.05, 3.63) is 5.89 Å². The molecule has 0 unspecified atom stereocenters. The van der Waals surface area contributed by atoms with Crippen molar-refractivity contribution in [2.45, 2.75) is 39.0 Å². The molecule has 0 bridgehead atoms. The molecule has 0 spiro atoms. The average Bonchev–Trinajstić information content (AvgIpc) is 2.64. The van der Waals surface area contributed by atoms with Crippen molar-refractivity contribution in [3.8, 4) is 0 Å². The third-order valence-corrected chi connectivity index (χ3v) is 2.95. The van der Waals surface area contributed by atoms with Crippen molar-refractivity contribution in [3.63, 3.8) is 0 Å². The number of carbonyl (C=O) groups excluding carboxylic acids is 1. The normalized spacial score (nSPS) is 16.4. The molecule has 0 radical (unpaired) electrons. The summed E-state index contributed by atoms with van der Waals surface area (Å²) < 4.78 is 9.91. The highest BCUT2D eigenvalue weighted by molar-refractivity contribution is 5.71. The number of hydrogen-bond donors (Lipinski definition) is 0. The van der Waals surface area contributed by atoms with Crippen LogP contribution in [-0.2, 0) is 16.0 Å². The van der Waals surface area contributed by atoms with Crippen molar-refractivity contribution < 1.29 is 14.1 Å². The molecule has 18 heavy (non-hydrogen) atoms. The number of aromatic nitrogens is 2. The summed E-state index contributed by atoms with van der Waals surface area (Å²) in [5, 5.41) is 3.93. The van der Waals surface area contributed by atoms with Gasteiger partial charge in [0.15, 0.2) is 0 Å². The zero-order valence-electron chi connectivity index (χ0n) is 10.7. The molecule has 1 fully saturated rings. The Kier molecular flexibility index (Phi) is 4.55. The van der Waals surface area contributed by atoms with Crippen molar-refractivity contribution >= 4 is 11.9 Å². The fraction of sp³-hybridized carbons (Fsp3) is 0.750. The minimum absolute atomic E-state index is 0.0503. The number of anilines is 1. The quantitative estimate of drug-likeness (QED) is 0.758. The fourth-order valence-corrected chi connectivity index (χ4v) is 2.05. The first-order valence-electron chi connectivity index (χ1n) is 6.52. The first-order chi connectivity index (χ1) is 8.79. The summed E-state index contributed by atoms with van der Waals surface area (Å²) in [6.45, 7) is 4.05. The molecule has 2 rings (SSSR count). The zero-order chi connectivity index (χ0) is 12.8. The van der Waals surface area contributed by atoms with Crippen LogP contribution < -0.4 is 4.90 Å². The number of nitrogens with zero attached hydrogens (tertiary/aromatic N) is 3. The van der Waals surface area contributed by atoms with Crippen LogP contribution in [0.15, 0.2) is 4.52 Å². The molecule has 1 aliphatic rings. The van der Waals surface area contributed by atoms with Gasteiger partial charge in [-0.1, -0.05) is 12.8 Å². The van der Waals surface area contributed by atoms with E-state index in [1.165, 1.54) is 12.8 Å². The van der Waals surface area contributed by atoms with Gasteiger partial charge in [0.1, 0.15) is 6.42 Å². The molecule has 1 aliphatic heterocycles. The highest BCUT2D eigenvalue weighted by Gasteiger charge is 2.17. The van der Waals surface area contributed by atoms with Crippen LogP contribution in [0.3, 0.4) is 0 Å². The van der Waals surface area contributed by atoms with Crippen molar-refractivity contribution in [2.75, 3.05) is 24.6 Å². The lowest BCUT2D eigenvalue weighted by molar-refractivity contribution is -0.142. The molecule has 0 saturated carbocycles. The van der Waals surface area contributed by atoms with E-state index in [4.69, 9.17) is 9.26 Å². The first kappa shape index (κ1) is 12.9. The molecule has 6 nitrogen and oxygen atoms in total. The summed E-state index contributed by atoms with van der Waals surface area (Å²) in [5.41, 5.74) is 0. The van der Waals surface area contributed by atoms with Gasteiger partial charge < -0.3 is 14.2 Å². The Bertz CT molecular complexity index is 384. The fourth-order valence-electron chi connectivity index (χ4n) is 2.05. The zero-order valence-corrected chi connectivity index (χ0v) is 10.7. The van der Waals surface area contributed by atoms with Crippen LogP contribution in [0.5, 0.6) is 0 Å². The van der Waals surface area contributed by atoms with Crippen LogP contribution >= 0.6 is 0 Å². The third-order valence-electron chi connectivity index (χ3n) is 2.95. The molecular formula is C12H19N3O3. The summed E-state index contributed by atoms with van der Waals surface area (Å²) in [4.78, 5) is 17.7. The highest BCUT2D eigenvalue weighted by atomic mass is 16.5. The van der Waals surface area contributed by atoms with E-state index in [-0.39, 0.29) is 12.4 Å². The Balaban J connectivity index is 1.94. The van der Waals surface area contributed by atoms with E-state index in [0.29, 0.717) is 18.4 Å². The molecule has 100 valence electrons. The summed E-state index contributed by atoms with van der Waals surface area (Å²) in [5.74, 6) is 0.590. The maximum Gasteiger partial charge on any atom is 0.315 e. The smallest absolute Gasteiger partial charge is 0.315 e. The van der Waals surface area contributed by atoms with Gasteiger partial charge in [-0.2, -0.15) is 4.98 Å². The van der Waals surface area contributed by atoms with Gasteiger partial charge in [0, 0.05) is 13.1 Å². The molecule has 1 aromatic rings. The van der Waals surface area contributed by atoms with Gasteiger partial charge in [0.05, 0.1) is 6.61 Å². The Morgan fingerprint density at radius 1 is 1.33 bits per heavy atom. The Labute approximate surface area is 106 Å². The SMILES string of the molecule is CCOC(=O)Cc1nc(N2CCCCCC2)no1. The lowest BCUT2D eigenvalue weighted by Crippen LogP contribution is -2.25. The van der Waals surface area contributed by atoms with Gasteiger partial charge in [-0.15, -0.1) is 0 Å². The van der Waals surface area contributed by atoms with Crippen molar-refractivity contribution in [1.29, 1.82) is 0 Å². The van der Waals surface area contributed by atoms with Gasteiger partial charge in [-0.05, 0) is 24.9 Å². The van der Waals surface area contributed by atoms with Crippen LogP contribution in [0.25, 0.3) is 0 Å². The lowest BCUT2D eigenvalue weighted by Gasteiger charge is -2.16. The monoisotopic (exact) mass is 253 g/mol. The van der Waals surface area contributed by atoms with Crippen molar-refractivity contribution in [2.24, 2.45) is 0 Å². The Morgan fingerprint density at radius 2 is 2.06 bits per heavy atom. The second-order valence-corrected chi connectivity index (χ2v) is 4.37. The molecule has 1 saturated heterocycles. The van der Waals surface area contributed by atoms with Crippen LogP contribution in [0, 0.1) is 0 Å².